The summed E-state index contributed by atoms with van der Waals surface area (Å²) >= 11 is 0. The Morgan fingerprint density at radius 3 is 2.47 bits per heavy atom. The van der Waals surface area contributed by atoms with Crippen LogP contribution < -0.4 is 10.6 Å². The number of anilines is 1. The van der Waals surface area contributed by atoms with Crippen LogP contribution in [0.1, 0.15) is 12.0 Å². The zero-order valence-corrected chi connectivity index (χ0v) is 9.74. The zero-order chi connectivity index (χ0) is 14.2. The van der Waals surface area contributed by atoms with Gasteiger partial charge < -0.3 is 10.6 Å². The fraction of sp³-hybridized carbons (Fsp3) is 0.333. The third kappa shape index (κ3) is 2.34. The molecule has 1 heterocycles. The van der Waals surface area contributed by atoms with Crippen LogP contribution in [0.4, 0.5) is 18.9 Å². The second-order valence-electron chi connectivity index (χ2n) is 4.30. The molecule has 7 heteroatoms. The molecule has 0 unspecified atom stereocenters. The second kappa shape index (κ2) is 4.80. The summed E-state index contributed by atoms with van der Waals surface area (Å²) in [5, 5.41) is 8.59. The van der Waals surface area contributed by atoms with E-state index in [9.17, 15) is 18.0 Å². The Balaban J connectivity index is 2.47. The zero-order valence-electron chi connectivity index (χ0n) is 9.74. The van der Waals surface area contributed by atoms with Crippen molar-refractivity contribution in [3.8, 4) is 6.07 Å². The van der Waals surface area contributed by atoms with Gasteiger partial charge in [0, 0.05) is 6.42 Å². The van der Waals surface area contributed by atoms with Crippen molar-refractivity contribution in [3.05, 3.63) is 29.3 Å². The van der Waals surface area contributed by atoms with Crippen LogP contribution in [0.3, 0.4) is 0 Å². The van der Waals surface area contributed by atoms with E-state index in [4.69, 9.17) is 11.0 Å². The molecule has 1 aliphatic rings. The Hall–Kier alpha value is -2.23. The van der Waals surface area contributed by atoms with E-state index in [0.717, 1.165) is 17.0 Å². The highest BCUT2D eigenvalue weighted by atomic mass is 19.1. The van der Waals surface area contributed by atoms with Crippen molar-refractivity contribution in [1.29, 1.82) is 5.26 Å². The van der Waals surface area contributed by atoms with Crippen molar-refractivity contribution in [2.75, 3.05) is 11.4 Å². The number of hydrogen-bond acceptors (Lipinski definition) is 3. The lowest BCUT2D eigenvalue weighted by Crippen LogP contribution is -2.41. The molecule has 2 rings (SSSR count). The summed E-state index contributed by atoms with van der Waals surface area (Å²) < 4.78 is 40.9. The predicted octanol–water partition coefficient (Wildman–Crippen LogP) is 1.24. The van der Waals surface area contributed by atoms with E-state index in [-0.39, 0.29) is 18.5 Å². The van der Waals surface area contributed by atoms with E-state index < -0.39 is 35.4 Å². The largest absolute Gasteiger partial charge is 0.368 e. The van der Waals surface area contributed by atoms with Gasteiger partial charge in [-0.15, -0.1) is 0 Å². The third-order valence-electron chi connectivity index (χ3n) is 3.01. The minimum absolute atomic E-state index is 0.189. The van der Waals surface area contributed by atoms with Crippen molar-refractivity contribution in [2.45, 2.75) is 18.6 Å². The van der Waals surface area contributed by atoms with Gasteiger partial charge in [0.1, 0.15) is 17.9 Å². The molecule has 2 atom stereocenters. The molecular weight excluding hydrogens is 259 g/mol. The smallest absolute Gasteiger partial charge is 0.240 e. The number of primary amides is 1. The van der Waals surface area contributed by atoms with Crippen molar-refractivity contribution < 1.29 is 18.0 Å². The van der Waals surface area contributed by atoms with E-state index in [1.807, 2.05) is 0 Å². The molecule has 1 saturated heterocycles. The number of nitrogens with zero attached hydrogens (tertiary/aromatic N) is 2. The molecule has 1 aromatic rings. The number of carbonyl (C=O) groups excluding carboxylic acids is 1. The maximum absolute atomic E-state index is 13.8. The van der Waals surface area contributed by atoms with Gasteiger partial charge >= 0.3 is 0 Å². The topological polar surface area (TPSA) is 70.1 Å². The second-order valence-corrected chi connectivity index (χ2v) is 4.30. The van der Waals surface area contributed by atoms with Gasteiger partial charge in [-0.1, -0.05) is 0 Å². The van der Waals surface area contributed by atoms with Gasteiger partial charge in [0.2, 0.25) is 5.91 Å². The summed E-state index contributed by atoms with van der Waals surface area (Å²) in [5.74, 6) is -2.88. The number of amides is 1. The first-order chi connectivity index (χ1) is 8.93. The van der Waals surface area contributed by atoms with Gasteiger partial charge in [0.05, 0.1) is 18.2 Å². The summed E-state index contributed by atoms with van der Waals surface area (Å²) in [6, 6.07) is 2.18. The van der Waals surface area contributed by atoms with Gasteiger partial charge in [0.25, 0.3) is 0 Å². The molecule has 19 heavy (non-hydrogen) atoms. The van der Waals surface area contributed by atoms with E-state index >= 15 is 0 Å². The number of alkyl halides is 1. The van der Waals surface area contributed by atoms with E-state index in [2.05, 4.69) is 0 Å². The SMILES string of the molecule is N#Cc1cc(F)c(N2C[C@H](F)C[C@H]2C(N)=O)c(F)c1. The van der Waals surface area contributed by atoms with Crippen LogP contribution in [0.25, 0.3) is 0 Å². The fourth-order valence-electron chi connectivity index (χ4n) is 2.21. The Kier molecular flexibility index (Phi) is 3.34. The third-order valence-corrected chi connectivity index (χ3v) is 3.01. The molecule has 0 radical (unpaired) electrons. The molecular formula is C12H10F3N3O. The van der Waals surface area contributed by atoms with Gasteiger partial charge in [-0.2, -0.15) is 5.26 Å². The predicted molar refractivity (Wildman–Crippen MR) is 60.9 cm³/mol. The van der Waals surface area contributed by atoms with E-state index in [0.29, 0.717) is 0 Å². The lowest BCUT2D eigenvalue weighted by Gasteiger charge is -2.24. The van der Waals surface area contributed by atoms with Crippen LogP contribution in [0, 0.1) is 23.0 Å². The molecule has 2 N–H and O–H groups in total. The highest BCUT2D eigenvalue weighted by Crippen LogP contribution is 2.32. The average molecular weight is 269 g/mol. The molecule has 1 fully saturated rings. The van der Waals surface area contributed by atoms with Crippen LogP contribution in [-0.2, 0) is 4.79 Å². The first kappa shape index (κ1) is 13.2. The van der Waals surface area contributed by atoms with Crippen LogP contribution in [0.15, 0.2) is 12.1 Å². The van der Waals surface area contributed by atoms with Crippen molar-refractivity contribution >= 4 is 11.6 Å². The van der Waals surface area contributed by atoms with Crippen molar-refractivity contribution in [1.82, 2.24) is 0 Å². The first-order valence-corrected chi connectivity index (χ1v) is 5.53. The van der Waals surface area contributed by atoms with E-state index in [1.165, 1.54) is 0 Å². The van der Waals surface area contributed by atoms with Gasteiger partial charge in [-0.25, -0.2) is 13.2 Å². The quantitative estimate of drug-likeness (QED) is 0.878. The van der Waals surface area contributed by atoms with E-state index in [1.54, 1.807) is 6.07 Å². The Bertz CT molecular complexity index is 547. The maximum Gasteiger partial charge on any atom is 0.240 e. The fourth-order valence-corrected chi connectivity index (χ4v) is 2.21. The molecule has 0 aromatic heterocycles. The summed E-state index contributed by atoms with van der Waals surface area (Å²) in [4.78, 5) is 12.2. The monoisotopic (exact) mass is 269 g/mol. The molecule has 0 spiro atoms. The molecule has 1 aromatic carbocycles. The number of rotatable bonds is 2. The van der Waals surface area contributed by atoms with Crippen LogP contribution in [0.5, 0.6) is 0 Å². The number of benzene rings is 1. The molecule has 1 amide bonds. The molecule has 4 nitrogen and oxygen atoms in total. The highest BCUT2D eigenvalue weighted by molar-refractivity contribution is 5.84. The average Bonchev–Trinajstić information content (AvgIpc) is 2.70. The summed E-state index contributed by atoms with van der Waals surface area (Å²) in [6.45, 7) is -0.312. The highest BCUT2D eigenvalue weighted by Gasteiger charge is 2.38. The molecule has 0 aliphatic carbocycles. The van der Waals surface area contributed by atoms with Crippen LogP contribution in [-0.4, -0.2) is 24.7 Å². The lowest BCUT2D eigenvalue weighted by molar-refractivity contribution is -0.119. The normalized spacial score (nSPS) is 22.3. The molecule has 100 valence electrons. The molecule has 0 saturated carbocycles. The van der Waals surface area contributed by atoms with Crippen LogP contribution >= 0.6 is 0 Å². The Morgan fingerprint density at radius 2 is 2.00 bits per heavy atom. The molecule has 1 aliphatic heterocycles. The summed E-state index contributed by atoms with van der Waals surface area (Å²) in [6.07, 6.45) is -1.58. The number of carbonyl (C=O) groups is 1. The lowest BCUT2D eigenvalue weighted by atomic mass is 10.1. The first-order valence-electron chi connectivity index (χ1n) is 5.53. The van der Waals surface area contributed by atoms with Gasteiger partial charge in [-0.3, -0.25) is 4.79 Å². The Morgan fingerprint density at radius 1 is 1.42 bits per heavy atom. The summed E-state index contributed by atoms with van der Waals surface area (Å²) in [5.41, 5.74) is 4.38. The van der Waals surface area contributed by atoms with Gasteiger partial charge in [0.15, 0.2) is 11.6 Å². The number of halogens is 3. The summed E-state index contributed by atoms with van der Waals surface area (Å²) in [7, 11) is 0. The number of nitrogens with two attached hydrogens (primary N) is 1. The van der Waals surface area contributed by atoms with Crippen molar-refractivity contribution in [3.63, 3.8) is 0 Å². The molecule has 0 bridgehead atoms. The maximum atomic E-state index is 13.8. The Labute approximate surface area is 107 Å². The minimum atomic E-state index is -1.38. The minimum Gasteiger partial charge on any atom is -0.368 e. The van der Waals surface area contributed by atoms with Gasteiger partial charge in [-0.05, 0) is 12.1 Å². The number of hydrogen-bond donors (Lipinski definition) is 1. The van der Waals surface area contributed by atoms with Crippen molar-refractivity contribution in [2.24, 2.45) is 5.73 Å². The number of nitriles is 1. The van der Waals surface area contributed by atoms with Crippen LogP contribution in [0.2, 0.25) is 0 Å². The standard InChI is InChI=1S/C12H10F3N3O/c13-7-3-10(12(17)19)18(5-7)11-8(14)1-6(4-16)2-9(11)15/h1-2,7,10H,3,5H2,(H2,17,19)/t7-,10+/m1/s1.